The summed E-state index contributed by atoms with van der Waals surface area (Å²) in [6.07, 6.45) is 0.853. The van der Waals surface area contributed by atoms with Gasteiger partial charge in [-0.15, -0.1) is 11.6 Å². The van der Waals surface area contributed by atoms with E-state index < -0.39 is 0 Å². The van der Waals surface area contributed by atoms with E-state index in [1.54, 1.807) is 0 Å². The van der Waals surface area contributed by atoms with Crippen molar-refractivity contribution in [2.45, 2.75) is 19.2 Å². The number of hydrogen-bond donors (Lipinski definition) is 0. The smallest absolute Gasteiger partial charge is 0.163 e. The van der Waals surface area contributed by atoms with Crippen molar-refractivity contribution in [1.29, 1.82) is 0 Å². The van der Waals surface area contributed by atoms with Crippen molar-refractivity contribution in [2.75, 3.05) is 0 Å². The average Bonchev–Trinajstić information content (AvgIpc) is 2.97. The number of benzene rings is 1. The molecule has 0 aliphatic rings. The molecule has 20 heavy (non-hydrogen) atoms. The van der Waals surface area contributed by atoms with Gasteiger partial charge in [0.2, 0.25) is 0 Å². The molecule has 0 saturated carbocycles. The first-order valence-corrected chi connectivity index (χ1v) is 7.74. The van der Waals surface area contributed by atoms with Crippen LogP contribution in [-0.4, -0.2) is 19.3 Å². The van der Waals surface area contributed by atoms with Crippen molar-refractivity contribution in [3.63, 3.8) is 0 Å². The molecule has 1 aromatic carbocycles. The molecular formula is C14H14BrClN4. The van der Waals surface area contributed by atoms with Crippen LogP contribution in [0.2, 0.25) is 0 Å². The molecule has 0 radical (unpaired) electrons. The second-order valence-corrected chi connectivity index (χ2v) is 5.67. The van der Waals surface area contributed by atoms with E-state index in [0.29, 0.717) is 5.88 Å². The molecule has 0 aliphatic carbocycles. The van der Waals surface area contributed by atoms with E-state index in [4.69, 9.17) is 11.6 Å². The number of alkyl halides is 1. The zero-order chi connectivity index (χ0) is 14.3. The highest BCUT2D eigenvalue weighted by molar-refractivity contribution is 9.10. The number of aromatic nitrogens is 4. The molecule has 2 aromatic heterocycles. The maximum absolute atomic E-state index is 6.08. The highest BCUT2D eigenvalue weighted by Crippen LogP contribution is 2.29. The fraction of sp³-hybridized carbons (Fsp3) is 0.286. The Bertz CT molecular complexity index is 775. The number of hydrogen-bond acceptors (Lipinski definition) is 2. The minimum absolute atomic E-state index is 0.360. The molecule has 3 rings (SSSR count). The van der Waals surface area contributed by atoms with Crippen LogP contribution in [0.4, 0.5) is 0 Å². The summed E-state index contributed by atoms with van der Waals surface area (Å²) in [6.45, 7) is 2.08. The molecule has 0 saturated heterocycles. The maximum Gasteiger partial charge on any atom is 0.163 e. The summed E-state index contributed by atoms with van der Waals surface area (Å²) < 4.78 is 4.94. The Morgan fingerprint density at radius 2 is 2.05 bits per heavy atom. The fourth-order valence-corrected chi connectivity index (χ4v) is 3.08. The number of rotatable bonds is 3. The lowest BCUT2D eigenvalue weighted by atomic mass is 10.3. The van der Waals surface area contributed by atoms with Crippen molar-refractivity contribution in [2.24, 2.45) is 7.05 Å². The number of imidazole rings is 1. The predicted molar refractivity (Wildman–Crippen MR) is 84.5 cm³/mol. The van der Waals surface area contributed by atoms with Gasteiger partial charge in [-0.1, -0.05) is 19.1 Å². The number of aryl methyl sites for hydroxylation is 2. The molecule has 0 amide bonds. The van der Waals surface area contributed by atoms with Gasteiger partial charge < -0.3 is 0 Å². The van der Waals surface area contributed by atoms with Gasteiger partial charge in [0, 0.05) is 11.5 Å². The molecule has 104 valence electrons. The molecule has 0 N–H and O–H groups in total. The molecule has 3 aromatic rings. The second-order valence-electron chi connectivity index (χ2n) is 4.54. The normalized spacial score (nSPS) is 11.4. The van der Waals surface area contributed by atoms with E-state index >= 15 is 0 Å². The van der Waals surface area contributed by atoms with Crippen LogP contribution >= 0.6 is 27.5 Å². The van der Waals surface area contributed by atoms with Gasteiger partial charge >= 0.3 is 0 Å². The van der Waals surface area contributed by atoms with Crippen molar-refractivity contribution in [3.8, 4) is 5.69 Å². The molecule has 0 atom stereocenters. The van der Waals surface area contributed by atoms with Gasteiger partial charge in [-0.3, -0.25) is 4.57 Å². The van der Waals surface area contributed by atoms with Gasteiger partial charge in [-0.2, -0.15) is 5.10 Å². The Labute approximate surface area is 130 Å². The van der Waals surface area contributed by atoms with Gasteiger partial charge in [0.05, 0.1) is 17.3 Å². The Hall–Kier alpha value is -1.33. The van der Waals surface area contributed by atoms with Gasteiger partial charge in [-0.25, -0.2) is 9.67 Å². The van der Waals surface area contributed by atoms with E-state index in [9.17, 15) is 0 Å². The number of nitrogens with zero attached hydrogens (tertiary/aromatic N) is 4. The number of fused-ring (bicyclic) bond motifs is 1. The molecule has 0 unspecified atom stereocenters. The van der Waals surface area contributed by atoms with Crippen LogP contribution in [0.15, 0.2) is 28.7 Å². The van der Waals surface area contributed by atoms with E-state index in [1.165, 1.54) is 0 Å². The minimum atomic E-state index is 0.360. The minimum Gasteiger partial charge on any atom is -0.279 e. The molecule has 0 spiro atoms. The number of halogens is 2. The topological polar surface area (TPSA) is 35.6 Å². The first-order valence-electron chi connectivity index (χ1n) is 6.41. The maximum atomic E-state index is 6.08. The standard InChI is InChI=1S/C14H14BrClN4/c1-3-10-13-14(19(2)18-10)20(12(8-16)17-13)11-7-5-4-6-9(11)15/h4-7H,3,8H2,1-2H3. The third-order valence-electron chi connectivity index (χ3n) is 3.32. The third-order valence-corrected chi connectivity index (χ3v) is 4.23. The van der Waals surface area contributed by atoms with Crippen LogP contribution in [-0.2, 0) is 19.3 Å². The first kappa shape index (κ1) is 13.6. The molecule has 2 heterocycles. The summed E-state index contributed by atoms with van der Waals surface area (Å²) in [4.78, 5) is 4.67. The van der Waals surface area contributed by atoms with Crippen LogP contribution in [0.3, 0.4) is 0 Å². The van der Waals surface area contributed by atoms with Crippen molar-refractivity contribution >= 4 is 38.7 Å². The predicted octanol–water partition coefficient (Wildman–Crippen LogP) is 3.82. The van der Waals surface area contributed by atoms with Crippen LogP contribution in [0.5, 0.6) is 0 Å². The summed E-state index contributed by atoms with van der Waals surface area (Å²) >= 11 is 9.68. The van der Waals surface area contributed by atoms with Crippen molar-refractivity contribution < 1.29 is 0 Å². The molecule has 0 fully saturated rings. The molecule has 0 bridgehead atoms. The lowest BCUT2D eigenvalue weighted by Gasteiger charge is -2.10. The second kappa shape index (κ2) is 5.22. The van der Waals surface area contributed by atoms with E-state index in [0.717, 1.165) is 39.3 Å². The summed E-state index contributed by atoms with van der Waals surface area (Å²) in [6, 6.07) is 8.04. The Kier molecular flexibility index (Phi) is 3.56. The summed E-state index contributed by atoms with van der Waals surface area (Å²) in [5.41, 5.74) is 3.93. The van der Waals surface area contributed by atoms with Crippen LogP contribution in [0.25, 0.3) is 16.9 Å². The average molecular weight is 354 g/mol. The SMILES string of the molecule is CCc1nn(C)c2c1nc(CCl)n2-c1ccccc1Br. The van der Waals surface area contributed by atoms with Crippen LogP contribution in [0, 0.1) is 0 Å². The summed E-state index contributed by atoms with van der Waals surface area (Å²) in [5.74, 6) is 1.19. The van der Waals surface area contributed by atoms with Crippen LogP contribution in [0.1, 0.15) is 18.4 Å². The van der Waals surface area contributed by atoms with E-state index in [-0.39, 0.29) is 0 Å². The zero-order valence-electron chi connectivity index (χ0n) is 11.3. The van der Waals surface area contributed by atoms with Gasteiger partial charge in [-0.05, 0) is 34.5 Å². The first-order chi connectivity index (χ1) is 9.67. The van der Waals surface area contributed by atoms with Gasteiger partial charge in [0.1, 0.15) is 11.3 Å². The zero-order valence-corrected chi connectivity index (χ0v) is 13.6. The Morgan fingerprint density at radius 3 is 2.70 bits per heavy atom. The molecule has 4 nitrogen and oxygen atoms in total. The molecule has 0 aliphatic heterocycles. The quantitative estimate of drug-likeness (QED) is 0.671. The monoisotopic (exact) mass is 352 g/mol. The van der Waals surface area contributed by atoms with E-state index in [2.05, 4.69) is 37.5 Å². The Morgan fingerprint density at radius 1 is 1.30 bits per heavy atom. The Balaban J connectivity index is 2.39. The van der Waals surface area contributed by atoms with Crippen molar-refractivity contribution in [1.82, 2.24) is 19.3 Å². The molecular weight excluding hydrogens is 340 g/mol. The van der Waals surface area contributed by atoms with Gasteiger partial charge in [0.25, 0.3) is 0 Å². The highest BCUT2D eigenvalue weighted by Gasteiger charge is 2.20. The summed E-state index contributed by atoms with van der Waals surface area (Å²) in [5, 5.41) is 4.53. The molecule has 6 heteroatoms. The van der Waals surface area contributed by atoms with Gasteiger partial charge in [0.15, 0.2) is 5.65 Å². The lowest BCUT2D eigenvalue weighted by Crippen LogP contribution is -2.05. The third kappa shape index (κ3) is 1.96. The largest absolute Gasteiger partial charge is 0.279 e. The highest BCUT2D eigenvalue weighted by atomic mass is 79.9. The van der Waals surface area contributed by atoms with Crippen LogP contribution < -0.4 is 0 Å². The summed E-state index contributed by atoms with van der Waals surface area (Å²) in [7, 11) is 1.94. The number of para-hydroxylation sites is 1. The van der Waals surface area contributed by atoms with E-state index in [1.807, 2.05) is 36.0 Å². The lowest BCUT2D eigenvalue weighted by molar-refractivity contribution is 0.744. The van der Waals surface area contributed by atoms with Crippen molar-refractivity contribution in [3.05, 3.63) is 40.3 Å². The fourth-order valence-electron chi connectivity index (χ4n) is 2.44.